The fourth-order valence-corrected chi connectivity index (χ4v) is 3.78. The van der Waals surface area contributed by atoms with E-state index in [0.717, 1.165) is 29.5 Å². The van der Waals surface area contributed by atoms with Gasteiger partial charge in [0.15, 0.2) is 0 Å². The third-order valence-corrected chi connectivity index (χ3v) is 5.34. The van der Waals surface area contributed by atoms with Crippen molar-refractivity contribution in [2.24, 2.45) is 0 Å². The number of carbonyl (C=O) groups excluding carboxylic acids is 1. The van der Waals surface area contributed by atoms with Crippen LogP contribution < -0.4 is 0 Å². The van der Waals surface area contributed by atoms with Crippen LogP contribution >= 0.6 is 0 Å². The number of nitrogens with zero attached hydrogens (tertiary/aromatic N) is 3. The highest BCUT2D eigenvalue weighted by molar-refractivity contribution is 5.97. The van der Waals surface area contributed by atoms with Crippen molar-refractivity contribution in [1.29, 1.82) is 0 Å². The van der Waals surface area contributed by atoms with Crippen molar-refractivity contribution in [3.63, 3.8) is 0 Å². The Kier molecular flexibility index (Phi) is 7.83. The Hall–Kier alpha value is -3.52. The van der Waals surface area contributed by atoms with E-state index >= 15 is 0 Å². The Bertz CT molecular complexity index is 1160. The Balaban J connectivity index is 2.08. The average Bonchev–Trinajstić information content (AvgIpc) is 3.14. The molecule has 3 rings (SSSR count). The number of ether oxygens (including phenoxy) is 1. The van der Waals surface area contributed by atoms with Gasteiger partial charge in [-0.25, -0.2) is 4.79 Å². The van der Waals surface area contributed by atoms with Crippen molar-refractivity contribution >= 4 is 11.8 Å². The van der Waals surface area contributed by atoms with Gasteiger partial charge in [-0.05, 0) is 59.9 Å². The maximum atomic E-state index is 13.1. The molecule has 0 aliphatic rings. The van der Waals surface area contributed by atoms with Crippen LogP contribution in [0, 0.1) is 10.1 Å². The van der Waals surface area contributed by atoms with E-state index in [2.05, 4.69) is 4.98 Å². The van der Waals surface area contributed by atoms with Crippen LogP contribution in [0.25, 0.3) is 11.1 Å². The minimum Gasteiger partial charge on any atom is -0.456 e. The second-order valence-electron chi connectivity index (χ2n) is 9.15. The molecule has 0 aliphatic carbocycles. The summed E-state index contributed by atoms with van der Waals surface area (Å²) in [6, 6.07) is 15.1. The van der Waals surface area contributed by atoms with Gasteiger partial charge in [0.05, 0.1) is 18.7 Å². The number of aryl methyl sites for hydroxylation is 1. The number of carbonyl (C=O) groups is 1. The fraction of sp³-hybridized carbons (Fsp3) is 0.385. The summed E-state index contributed by atoms with van der Waals surface area (Å²) in [6.07, 6.45) is 2.27. The van der Waals surface area contributed by atoms with Crippen LogP contribution in [0.1, 0.15) is 68.0 Å². The van der Waals surface area contributed by atoms with Gasteiger partial charge >= 0.3 is 11.8 Å². The standard InChI is InChI=1S/C26H31N3O5/c1-5-6-12-23-27-24(29(32)33)22(17-30)28(23)16-18-13-14-20(19-10-8-7-9-11-19)21(15-18)25(31)34-26(2,3)4/h7-11,13-15,30H,5-6,12,16-17H2,1-4H3. The molecular formula is C26H31N3O5. The number of unbranched alkanes of at least 4 members (excludes halogenated alkanes) is 1. The SMILES string of the molecule is CCCCc1nc([N+](=O)[O-])c(CO)n1Cc1ccc(-c2ccccc2)c(C(=O)OC(C)(C)C)c1. The molecule has 2 aromatic carbocycles. The summed E-state index contributed by atoms with van der Waals surface area (Å²) in [7, 11) is 0. The van der Waals surface area contributed by atoms with Gasteiger partial charge in [0, 0.05) is 6.42 Å². The quantitative estimate of drug-likeness (QED) is 0.261. The summed E-state index contributed by atoms with van der Waals surface area (Å²) in [6.45, 7) is 7.21. The smallest absolute Gasteiger partial charge is 0.387 e. The number of hydrogen-bond acceptors (Lipinski definition) is 6. The van der Waals surface area contributed by atoms with Crippen LogP contribution in [0.2, 0.25) is 0 Å². The van der Waals surface area contributed by atoms with Crippen molar-refractivity contribution in [2.45, 2.75) is 65.7 Å². The van der Waals surface area contributed by atoms with E-state index in [1.165, 1.54) is 0 Å². The van der Waals surface area contributed by atoms with Crippen molar-refractivity contribution in [1.82, 2.24) is 9.55 Å². The molecule has 0 unspecified atom stereocenters. The lowest BCUT2D eigenvalue weighted by atomic mass is 9.97. The number of hydrogen-bond donors (Lipinski definition) is 1. The van der Waals surface area contributed by atoms with Gasteiger partial charge in [-0.2, -0.15) is 0 Å². The minimum atomic E-state index is -0.663. The molecule has 0 aliphatic heterocycles. The van der Waals surface area contributed by atoms with Gasteiger partial charge in [0.1, 0.15) is 11.3 Å². The number of rotatable bonds is 9. The molecule has 0 atom stereocenters. The van der Waals surface area contributed by atoms with Crippen LogP contribution in [0.3, 0.4) is 0 Å². The second kappa shape index (κ2) is 10.6. The summed E-state index contributed by atoms with van der Waals surface area (Å²) in [5.41, 5.74) is 2.27. The summed E-state index contributed by atoms with van der Waals surface area (Å²) in [5, 5.41) is 21.4. The van der Waals surface area contributed by atoms with Crippen LogP contribution in [0.4, 0.5) is 5.82 Å². The van der Waals surface area contributed by atoms with E-state index in [0.29, 0.717) is 17.8 Å². The first kappa shape index (κ1) is 25.1. The predicted octanol–water partition coefficient (Wildman–Crippen LogP) is 5.30. The highest BCUT2D eigenvalue weighted by atomic mass is 16.6. The van der Waals surface area contributed by atoms with Crippen molar-refractivity contribution < 1.29 is 19.6 Å². The predicted molar refractivity (Wildman–Crippen MR) is 130 cm³/mol. The minimum absolute atomic E-state index is 0.155. The third kappa shape index (κ3) is 5.88. The third-order valence-electron chi connectivity index (χ3n) is 5.34. The highest BCUT2D eigenvalue weighted by Crippen LogP contribution is 2.29. The zero-order chi connectivity index (χ0) is 24.9. The number of aliphatic hydroxyl groups is 1. The number of esters is 1. The first-order chi connectivity index (χ1) is 16.1. The molecule has 0 fully saturated rings. The zero-order valence-corrected chi connectivity index (χ0v) is 20.1. The molecule has 0 saturated carbocycles. The Morgan fingerprint density at radius 2 is 1.88 bits per heavy atom. The molecule has 34 heavy (non-hydrogen) atoms. The molecular weight excluding hydrogens is 434 g/mol. The van der Waals surface area contributed by atoms with E-state index < -0.39 is 23.1 Å². The van der Waals surface area contributed by atoms with E-state index in [1.807, 2.05) is 70.2 Å². The molecule has 0 spiro atoms. The zero-order valence-electron chi connectivity index (χ0n) is 20.1. The van der Waals surface area contributed by atoms with Crippen LogP contribution in [0.5, 0.6) is 0 Å². The molecule has 8 nitrogen and oxygen atoms in total. The summed E-state index contributed by atoms with van der Waals surface area (Å²) in [4.78, 5) is 28.3. The molecule has 0 radical (unpaired) electrons. The van der Waals surface area contributed by atoms with E-state index in [1.54, 1.807) is 10.6 Å². The van der Waals surface area contributed by atoms with Gasteiger partial charge in [0.2, 0.25) is 5.82 Å². The van der Waals surface area contributed by atoms with Gasteiger partial charge in [0.25, 0.3) is 0 Å². The molecule has 180 valence electrons. The first-order valence-corrected chi connectivity index (χ1v) is 11.4. The van der Waals surface area contributed by atoms with E-state index in [4.69, 9.17) is 4.74 Å². The van der Waals surface area contributed by atoms with Crippen LogP contribution in [-0.4, -0.2) is 31.2 Å². The van der Waals surface area contributed by atoms with Crippen molar-refractivity contribution in [2.75, 3.05) is 0 Å². The summed E-state index contributed by atoms with van der Waals surface area (Å²) < 4.78 is 7.35. The number of aromatic nitrogens is 2. The molecule has 0 saturated heterocycles. The number of benzene rings is 2. The molecule has 3 aromatic rings. The lowest BCUT2D eigenvalue weighted by molar-refractivity contribution is -0.390. The van der Waals surface area contributed by atoms with Gasteiger partial charge in [-0.3, -0.25) is 4.57 Å². The van der Waals surface area contributed by atoms with E-state index in [-0.39, 0.29) is 18.1 Å². The van der Waals surface area contributed by atoms with Crippen LogP contribution in [-0.2, 0) is 24.3 Å². The Morgan fingerprint density at radius 1 is 1.18 bits per heavy atom. The molecule has 1 aromatic heterocycles. The maximum Gasteiger partial charge on any atom is 0.387 e. The van der Waals surface area contributed by atoms with Gasteiger partial charge in [-0.15, -0.1) is 0 Å². The van der Waals surface area contributed by atoms with Crippen molar-refractivity contribution in [3.8, 4) is 11.1 Å². The fourth-order valence-electron chi connectivity index (χ4n) is 3.78. The monoisotopic (exact) mass is 465 g/mol. The molecule has 0 amide bonds. The number of imidazole rings is 1. The van der Waals surface area contributed by atoms with Crippen molar-refractivity contribution in [3.05, 3.63) is 81.3 Å². The molecule has 1 N–H and O–H groups in total. The second-order valence-corrected chi connectivity index (χ2v) is 9.15. The molecule has 8 heteroatoms. The normalized spacial score (nSPS) is 11.4. The highest BCUT2D eigenvalue weighted by Gasteiger charge is 2.27. The number of nitro groups is 1. The average molecular weight is 466 g/mol. The number of aliphatic hydroxyl groups excluding tert-OH is 1. The first-order valence-electron chi connectivity index (χ1n) is 11.4. The van der Waals surface area contributed by atoms with Crippen LogP contribution in [0.15, 0.2) is 48.5 Å². The Morgan fingerprint density at radius 3 is 2.47 bits per heavy atom. The van der Waals surface area contributed by atoms with E-state index in [9.17, 15) is 20.0 Å². The topological polar surface area (TPSA) is 107 Å². The largest absolute Gasteiger partial charge is 0.456 e. The van der Waals surface area contributed by atoms with Gasteiger partial charge in [-0.1, -0.05) is 55.8 Å². The maximum absolute atomic E-state index is 13.1. The summed E-state index contributed by atoms with van der Waals surface area (Å²) >= 11 is 0. The summed E-state index contributed by atoms with van der Waals surface area (Å²) in [5.74, 6) is -0.233. The Labute approximate surface area is 199 Å². The molecule has 1 heterocycles. The molecule has 0 bridgehead atoms. The van der Waals surface area contributed by atoms with Gasteiger partial charge < -0.3 is 20.0 Å². The lowest BCUT2D eigenvalue weighted by Crippen LogP contribution is -2.24. The lowest BCUT2D eigenvalue weighted by Gasteiger charge is -2.21.